The summed E-state index contributed by atoms with van der Waals surface area (Å²) >= 11 is 6.46. The molecule has 0 aliphatic carbocycles. The van der Waals surface area contributed by atoms with Crippen LogP contribution in [0, 0.1) is 5.82 Å². The van der Waals surface area contributed by atoms with Crippen LogP contribution < -0.4 is 25.6 Å². The van der Waals surface area contributed by atoms with Gasteiger partial charge in [-0.25, -0.2) is 9.18 Å². The number of nitrogens with zero attached hydrogens (tertiary/aromatic N) is 1. The molecule has 1 aliphatic heterocycles. The Morgan fingerprint density at radius 1 is 0.925 bits per heavy atom. The van der Waals surface area contributed by atoms with E-state index in [1.54, 1.807) is 111 Å². The van der Waals surface area contributed by atoms with Crippen LogP contribution in [0.2, 0.25) is 5.02 Å². The van der Waals surface area contributed by atoms with Crippen molar-refractivity contribution in [2.45, 2.75) is 77.6 Å². The molecule has 4 aromatic carbocycles. The van der Waals surface area contributed by atoms with Crippen molar-refractivity contribution < 1.29 is 33.0 Å². The van der Waals surface area contributed by atoms with Gasteiger partial charge in [0.25, 0.3) is 0 Å². The molecule has 10 nitrogen and oxygen atoms in total. The molecule has 278 valence electrons. The smallest absolute Gasteiger partial charge is 0.407 e. The molecule has 1 saturated heterocycles. The molecule has 1 aliphatic rings. The van der Waals surface area contributed by atoms with Gasteiger partial charge in [0, 0.05) is 47.9 Å². The van der Waals surface area contributed by atoms with Crippen molar-refractivity contribution in [2.24, 2.45) is 0 Å². The first kappa shape index (κ1) is 39.0. The van der Waals surface area contributed by atoms with Gasteiger partial charge in [0.15, 0.2) is 0 Å². The van der Waals surface area contributed by atoms with E-state index in [2.05, 4.69) is 16.0 Å². The molecule has 5 rings (SSSR count). The Morgan fingerprint density at radius 2 is 1.68 bits per heavy atom. The van der Waals surface area contributed by atoms with E-state index < -0.39 is 41.3 Å². The standard InChI is InChI=1S/C41H44ClFN4O6/c1-5-34(44-25-28-11-6-7-13-33(28)43)38(49)46-39(50)37(27-15-18-30(19-16-27)47-21-9-14-36(47)48)32-20-17-29(42)23-35(32)52-31-12-8-10-26(22-31)24-45-40(51)53-41(2,3)4/h6-8,10-13,15-20,22-23,34,37,44H,5,9,14,21,24-25H2,1-4H3,(H,45,51)(H,46,49,50). The minimum Gasteiger partial charge on any atom is -0.457 e. The third-order valence-corrected chi connectivity index (χ3v) is 8.83. The molecule has 0 saturated carbocycles. The van der Waals surface area contributed by atoms with E-state index in [1.807, 2.05) is 6.07 Å². The largest absolute Gasteiger partial charge is 0.457 e. The summed E-state index contributed by atoms with van der Waals surface area (Å²) in [7, 11) is 0. The van der Waals surface area contributed by atoms with Gasteiger partial charge < -0.3 is 25.0 Å². The number of carbonyl (C=O) groups is 4. The van der Waals surface area contributed by atoms with Gasteiger partial charge in [-0.1, -0.05) is 67.1 Å². The molecule has 12 heteroatoms. The number of ether oxygens (including phenoxy) is 2. The highest BCUT2D eigenvalue weighted by molar-refractivity contribution is 6.30. The van der Waals surface area contributed by atoms with Crippen LogP contribution in [0.3, 0.4) is 0 Å². The summed E-state index contributed by atoms with van der Waals surface area (Å²) in [5, 5.41) is 8.72. The number of hydrogen-bond donors (Lipinski definition) is 3. The number of carbonyl (C=O) groups excluding carboxylic acids is 4. The lowest BCUT2D eigenvalue weighted by molar-refractivity contribution is -0.132. The second kappa shape index (κ2) is 17.5. The number of imide groups is 1. The molecular formula is C41H44ClFN4O6. The predicted molar refractivity (Wildman–Crippen MR) is 201 cm³/mol. The predicted octanol–water partition coefficient (Wildman–Crippen LogP) is 7.77. The molecule has 53 heavy (non-hydrogen) atoms. The lowest BCUT2D eigenvalue weighted by Crippen LogP contribution is -2.47. The Labute approximate surface area is 314 Å². The third-order valence-electron chi connectivity index (χ3n) is 8.59. The van der Waals surface area contributed by atoms with Crippen LogP contribution in [0.1, 0.15) is 75.1 Å². The molecule has 4 amide bonds. The van der Waals surface area contributed by atoms with Gasteiger partial charge in [-0.2, -0.15) is 0 Å². The van der Waals surface area contributed by atoms with Crippen molar-refractivity contribution in [1.29, 1.82) is 0 Å². The van der Waals surface area contributed by atoms with E-state index in [4.69, 9.17) is 21.1 Å². The van der Waals surface area contributed by atoms with Crippen LogP contribution in [0.4, 0.5) is 14.9 Å². The van der Waals surface area contributed by atoms with Gasteiger partial charge in [-0.3, -0.25) is 19.7 Å². The summed E-state index contributed by atoms with van der Waals surface area (Å²) in [6, 6.07) is 24.5. The van der Waals surface area contributed by atoms with E-state index in [-0.39, 0.29) is 24.7 Å². The highest BCUT2D eigenvalue weighted by atomic mass is 35.5. The number of nitrogens with one attached hydrogen (secondary N) is 3. The summed E-state index contributed by atoms with van der Waals surface area (Å²) in [5.74, 6) is -1.91. The van der Waals surface area contributed by atoms with E-state index in [0.717, 1.165) is 12.0 Å². The van der Waals surface area contributed by atoms with Gasteiger partial charge in [-0.05, 0) is 87.2 Å². The Hall–Kier alpha value is -5.26. The van der Waals surface area contributed by atoms with Crippen LogP contribution in [0.15, 0.2) is 91.0 Å². The highest BCUT2D eigenvalue weighted by Gasteiger charge is 2.31. The fourth-order valence-corrected chi connectivity index (χ4v) is 6.15. The molecular weight excluding hydrogens is 699 g/mol. The Morgan fingerprint density at radius 3 is 2.36 bits per heavy atom. The third kappa shape index (κ3) is 10.6. The zero-order chi connectivity index (χ0) is 38.1. The number of amides is 4. The molecule has 2 atom stereocenters. The highest BCUT2D eigenvalue weighted by Crippen LogP contribution is 2.38. The molecule has 4 aromatic rings. The quantitative estimate of drug-likeness (QED) is 0.128. The summed E-state index contributed by atoms with van der Waals surface area (Å²) in [6.45, 7) is 8.01. The number of anilines is 1. The molecule has 1 heterocycles. The first-order valence-corrected chi connectivity index (χ1v) is 17.9. The zero-order valence-electron chi connectivity index (χ0n) is 30.2. The summed E-state index contributed by atoms with van der Waals surface area (Å²) < 4.78 is 26.0. The van der Waals surface area contributed by atoms with Crippen LogP contribution in [0.25, 0.3) is 0 Å². The van der Waals surface area contributed by atoms with Gasteiger partial charge in [0.05, 0.1) is 12.0 Å². The van der Waals surface area contributed by atoms with Crippen LogP contribution in [0.5, 0.6) is 11.5 Å². The summed E-state index contributed by atoms with van der Waals surface area (Å²) in [5.41, 5.74) is 2.16. The second-order valence-electron chi connectivity index (χ2n) is 13.7. The lowest BCUT2D eigenvalue weighted by Gasteiger charge is -2.23. The molecule has 3 N–H and O–H groups in total. The molecule has 0 bridgehead atoms. The van der Waals surface area contributed by atoms with Crippen molar-refractivity contribution in [2.75, 3.05) is 11.4 Å². The van der Waals surface area contributed by atoms with E-state index >= 15 is 0 Å². The Bertz CT molecular complexity index is 1950. The van der Waals surface area contributed by atoms with Crippen LogP contribution in [-0.2, 0) is 32.2 Å². The Balaban J connectivity index is 1.43. The maximum Gasteiger partial charge on any atom is 0.407 e. The van der Waals surface area contributed by atoms with Crippen molar-refractivity contribution in [3.05, 3.63) is 124 Å². The monoisotopic (exact) mass is 742 g/mol. The number of benzene rings is 4. The minimum absolute atomic E-state index is 0.0306. The van der Waals surface area contributed by atoms with Gasteiger partial charge in [0.2, 0.25) is 17.7 Å². The maximum atomic E-state index is 14.3. The molecule has 0 radical (unpaired) electrons. The second-order valence-corrected chi connectivity index (χ2v) is 14.2. The topological polar surface area (TPSA) is 126 Å². The summed E-state index contributed by atoms with van der Waals surface area (Å²) in [4.78, 5) is 54.2. The molecule has 2 unspecified atom stereocenters. The van der Waals surface area contributed by atoms with Gasteiger partial charge in [0.1, 0.15) is 22.9 Å². The number of hydrogen-bond acceptors (Lipinski definition) is 7. The normalized spacial score (nSPS) is 14.0. The van der Waals surface area contributed by atoms with Crippen molar-refractivity contribution in [3.63, 3.8) is 0 Å². The average molecular weight is 743 g/mol. The van der Waals surface area contributed by atoms with Gasteiger partial charge in [-0.15, -0.1) is 0 Å². The average Bonchev–Trinajstić information content (AvgIpc) is 3.54. The first-order valence-electron chi connectivity index (χ1n) is 17.6. The lowest BCUT2D eigenvalue weighted by atomic mass is 9.89. The van der Waals surface area contributed by atoms with E-state index in [1.165, 1.54) is 6.07 Å². The van der Waals surface area contributed by atoms with Crippen molar-refractivity contribution in [3.8, 4) is 11.5 Å². The first-order chi connectivity index (χ1) is 25.3. The van der Waals surface area contributed by atoms with Crippen LogP contribution in [-0.4, -0.2) is 42.0 Å². The fourth-order valence-electron chi connectivity index (χ4n) is 5.99. The van der Waals surface area contributed by atoms with Gasteiger partial charge >= 0.3 is 6.09 Å². The molecule has 1 fully saturated rings. The van der Waals surface area contributed by atoms with Crippen molar-refractivity contribution in [1.82, 2.24) is 16.0 Å². The minimum atomic E-state index is -1.05. The fraction of sp³-hybridized carbons (Fsp3) is 0.317. The SMILES string of the molecule is CCC(NCc1ccccc1F)C(=O)NC(=O)C(c1ccc(N2CCCC2=O)cc1)c1ccc(Cl)cc1Oc1cccc(CNC(=O)OC(C)(C)C)c1. The zero-order valence-corrected chi connectivity index (χ0v) is 31.0. The summed E-state index contributed by atoms with van der Waals surface area (Å²) in [6.07, 6.45) is 1.02. The number of rotatable bonds is 13. The maximum absolute atomic E-state index is 14.3. The van der Waals surface area contributed by atoms with Crippen molar-refractivity contribution >= 4 is 41.1 Å². The number of alkyl carbamates (subject to hydrolysis) is 1. The molecule has 0 spiro atoms. The number of halogens is 2. The van der Waals surface area contributed by atoms with Crippen LogP contribution >= 0.6 is 11.6 Å². The Kier molecular flexibility index (Phi) is 12.9. The van der Waals surface area contributed by atoms with E-state index in [0.29, 0.717) is 52.5 Å². The van der Waals surface area contributed by atoms with E-state index in [9.17, 15) is 23.6 Å². The molecule has 0 aromatic heterocycles.